The molecule has 18 heavy (non-hydrogen) atoms. The number of halogens is 1. The second-order valence-electron chi connectivity index (χ2n) is 3.95. The van der Waals surface area contributed by atoms with E-state index in [2.05, 4.69) is 5.32 Å². The summed E-state index contributed by atoms with van der Waals surface area (Å²) in [6.45, 7) is 2.00. The maximum Gasteiger partial charge on any atom is 0.326 e. The van der Waals surface area contributed by atoms with E-state index in [-0.39, 0.29) is 5.56 Å². The first-order valence-corrected chi connectivity index (χ1v) is 6.16. The number of carboxylic acid groups (broad SMARTS) is 1. The highest BCUT2D eigenvalue weighted by Crippen LogP contribution is 2.24. The highest BCUT2D eigenvalue weighted by atomic mass is 35.5. The number of nitrogens with one attached hydrogen (secondary N) is 1. The van der Waals surface area contributed by atoms with E-state index in [4.69, 9.17) is 22.0 Å². The van der Waals surface area contributed by atoms with E-state index in [1.54, 1.807) is 18.2 Å². The summed E-state index contributed by atoms with van der Waals surface area (Å²) in [5, 5.41) is 21.3. The van der Waals surface area contributed by atoms with Gasteiger partial charge in [-0.15, -0.1) is 0 Å². The Bertz CT molecular complexity index is 469. The van der Waals surface area contributed by atoms with Crippen molar-refractivity contribution in [2.24, 2.45) is 0 Å². The Kier molecular flexibility index (Phi) is 5.47. The summed E-state index contributed by atoms with van der Waals surface area (Å²) in [5.74, 6) is -0.924. The molecule has 0 saturated carbocycles. The molecule has 0 aliphatic heterocycles. The second kappa shape index (κ2) is 6.87. The number of carboxylic acids is 1. The Hall–Kier alpha value is -1.73. The molecule has 0 amide bonds. The van der Waals surface area contributed by atoms with Gasteiger partial charge in [0.05, 0.1) is 16.3 Å². The van der Waals surface area contributed by atoms with Crippen LogP contribution < -0.4 is 5.32 Å². The lowest BCUT2D eigenvalue weighted by Crippen LogP contribution is -2.29. The summed E-state index contributed by atoms with van der Waals surface area (Å²) >= 11 is 5.89. The molecule has 96 valence electrons. The average molecular weight is 267 g/mol. The maximum absolute atomic E-state index is 11.1. The first kappa shape index (κ1) is 14.3. The minimum atomic E-state index is -0.924. The average Bonchev–Trinajstić information content (AvgIpc) is 2.34. The number of nitrogens with zero attached hydrogens (tertiary/aromatic N) is 1. The number of hydrogen-bond acceptors (Lipinski definition) is 3. The molecule has 1 aromatic carbocycles. The first-order valence-electron chi connectivity index (χ1n) is 5.78. The van der Waals surface area contributed by atoms with Crippen molar-refractivity contribution in [2.45, 2.75) is 32.2 Å². The lowest BCUT2D eigenvalue weighted by molar-refractivity contribution is -0.138. The molecule has 5 heteroatoms. The zero-order chi connectivity index (χ0) is 13.5. The van der Waals surface area contributed by atoms with Gasteiger partial charge in [0, 0.05) is 0 Å². The van der Waals surface area contributed by atoms with Gasteiger partial charge in [0.1, 0.15) is 12.1 Å². The number of benzene rings is 1. The quantitative estimate of drug-likeness (QED) is 0.829. The lowest BCUT2D eigenvalue weighted by atomic mass is 10.1. The third-order valence-corrected chi connectivity index (χ3v) is 2.91. The van der Waals surface area contributed by atoms with Crippen LogP contribution in [0.15, 0.2) is 18.2 Å². The summed E-state index contributed by atoms with van der Waals surface area (Å²) in [4.78, 5) is 11.1. The molecule has 0 aromatic heterocycles. The Labute approximate surface area is 111 Å². The summed E-state index contributed by atoms with van der Waals surface area (Å²) in [6.07, 6.45) is 2.25. The number of hydrogen-bond donors (Lipinski definition) is 2. The van der Waals surface area contributed by atoms with E-state index in [1.807, 2.05) is 13.0 Å². The number of anilines is 1. The van der Waals surface area contributed by atoms with Crippen LogP contribution in [0.25, 0.3) is 0 Å². The minimum absolute atomic E-state index is 0.280. The van der Waals surface area contributed by atoms with Gasteiger partial charge >= 0.3 is 5.97 Å². The zero-order valence-electron chi connectivity index (χ0n) is 10.1. The fraction of sp³-hybridized carbons (Fsp3) is 0.385. The number of rotatable bonds is 6. The van der Waals surface area contributed by atoms with Gasteiger partial charge in [-0.2, -0.15) is 5.26 Å². The van der Waals surface area contributed by atoms with Gasteiger partial charge in [0.15, 0.2) is 0 Å². The lowest BCUT2D eigenvalue weighted by Gasteiger charge is -2.16. The molecule has 1 atom stereocenters. The molecular formula is C13H15ClN2O2. The van der Waals surface area contributed by atoms with Crippen molar-refractivity contribution in [3.05, 3.63) is 28.8 Å². The van der Waals surface area contributed by atoms with Crippen molar-refractivity contribution >= 4 is 23.3 Å². The normalized spacial score (nSPS) is 11.6. The van der Waals surface area contributed by atoms with Crippen molar-refractivity contribution in [3.8, 4) is 6.07 Å². The Morgan fingerprint density at radius 3 is 2.89 bits per heavy atom. The van der Waals surface area contributed by atoms with Crippen LogP contribution in [0.2, 0.25) is 5.02 Å². The topological polar surface area (TPSA) is 73.1 Å². The molecule has 0 radical (unpaired) electrons. The van der Waals surface area contributed by atoms with Crippen LogP contribution in [-0.4, -0.2) is 17.1 Å². The van der Waals surface area contributed by atoms with E-state index < -0.39 is 12.0 Å². The molecule has 1 aromatic rings. The van der Waals surface area contributed by atoms with Crippen LogP contribution in [0.3, 0.4) is 0 Å². The highest BCUT2D eigenvalue weighted by molar-refractivity contribution is 6.32. The predicted octanol–water partition coefficient (Wildman–Crippen LogP) is 3.27. The van der Waals surface area contributed by atoms with E-state index in [1.165, 1.54) is 0 Å². The minimum Gasteiger partial charge on any atom is -0.480 e. The maximum atomic E-state index is 11.1. The Morgan fingerprint density at radius 2 is 2.33 bits per heavy atom. The molecule has 0 fully saturated rings. The predicted molar refractivity (Wildman–Crippen MR) is 70.7 cm³/mol. The fourth-order valence-corrected chi connectivity index (χ4v) is 1.83. The molecule has 1 rings (SSSR count). The van der Waals surface area contributed by atoms with Gasteiger partial charge < -0.3 is 10.4 Å². The molecule has 2 N–H and O–H groups in total. The van der Waals surface area contributed by atoms with Gasteiger partial charge in [-0.3, -0.25) is 0 Å². The van der Waals surface area contributed by atoms with E-state index >= 15 is 0 Å². The second-order valence-corrected chi connectivity index (χ2v) is 4.36. The largest absolute Gasteiger partial charge is 0.480 e. The molecule has 0 spiro atoms. The molecule has 1 unspecified atom stereocenters. The first-order chi connectivity index (χ1) is 8.60. The molecule has 0 heterocycles. The monoisotopic (exact) mass is 266 g/mol. The van der Waals surface area contributed by atoms with Crippen molar-refractivity contribution in [1.29, 1.82) is 5.26 Å². The van der Waals surface area contributed by atoms with Crippen LogP contribution >= 0.6 is 11.6 Å². The van der Waals surface area contributed by atoms with E-state index in [0.29, 0.717) is 17.1 Å². The number of aliphatic carboxylic acids is 1. The van der Waals surface area contributed by atoms with E-state index in [9.17, 15) is 4.79 Å². The Balaban J connectivity index is 2.91. The number of carbonyl (C=O) groups is 1. The van der Waals surface area contributed by atoms with Gasteiger partial charge in [0.25, 0.3) is 0 Å². The van der Waals surface area contributed by atoms with Crippen LogP contribution in [0, 0.1) is 11.3 Å². The van der Waals surface area contributed by atoms with Crippen LogP contribution in [0.4, 0.5) is 5.69 Å². The summed E-state index contributed by atoms with van der Waals surface area (Å²) in [6, 6.07) is 6.23. The zero-order valence-corrected chi connectivity index (χ0v) is 10.9. The third kappa shape index (κ3) is 3.64. The summed E-state index contributed by atoms with van der Waals surface area (Å²) in [7, 11) is 0. The summed E-state index contributed by atoms with van der Waals surface area (Å²) < 4.78 is 0. The van der Waals surface area contributed by atoms with Crippen LogP contribution in [0.5, 0.6) is 0 Å². The van der Waals surface area contributed by atoms with Gasteiger partial charge in [-0.1, -0.05) is 37.4 Å². The molecule has 0 saturated heterocycles. The standard InChI is InChI=1S/C13H15ClN2O2/c1-2-3-6-12(13(17)18)16-11-7-4-5-10(14)9(11)8-15/h4-5,7,12,16H,2-3,6H2,1H3,(H,17,18). The highest BCUT2D eigenvalue weighted by Gasteiger charge is 2.18. The summed E-state index contributed by atoms with van der Waals surface area (Å²) in [5.41, 5.74) is 0.746. The molecule has 0 aliphatic rings. The Morgan fingerprint density at radius 1 is 1.61 bits per heavy atom. The SMILES string of the molecule is CCCCC(Nc1cccc(Cl)c1C#N)C(=O)O. The smallest absolute Gasteiger partial charge is 0.326 e. The van der Waals surface area contributed by atoms with Crippen molar-refractivity contribution < 1.29 is 9.90 Å². The molecular weight excluding hydrogens is 252 g/mol. The molecule has 0 aliphatic carbocycles. The number of unbranched alkanes of at least 4 members (excludes halogenated alkanes) is 1. The fourth-order valence-electron chi connectivity index (χ4n) is 1.61. The van der Waals surface area contributed by atoms with Gasteiger partial charge in [-0.25, -0.2) is 4.79 Å². The third-order valence-electron chi connectivity index (χ3n) is 2.60. The van der Waals surface area contributed by atoms with Gasteiger partial charge in [0.2, 0.25) is 0 Å². The molecule has 4 nitrogen and oxygen atoms in total. The number of nitriles is 1. The van der Waals surface area contributed by atoms with Crippen LogP contribution in [0.1, 0.15) is 31.7 Å². The van der Waals surface area contributed by atoms with Crippen LogP contribution in [-0.2, 0) is 4.79 Å². The van der Waals surface area contributed by atoms with E-state index in [0.717, 1.165) is 12.8 Å². The van der Waals surface area contributed by atoms with Crippen molar-refractivity contribution in [2.75, 3.05) is 5.32 Å². The van der Waals surface area contributed by atoms with Crippen molar-refractivity contribution in [3.63, 3.8) is 0 Å². The van der Waals surface area contributed by atoms with Crippen molar-refractivity contribution in [1.82, 2.24) is 0 Å². The van der Waals surface area contributed by atoms with Gasteiger partial charge in [-0.05, 0) is 18.6 Å². The molecule has 0 bridgehead atoms.